The Morgan fingerprint density at radius 2 is 2.14 bits per heavy atom. The van der Waals surface area contributed by atoms with Crippen molar-refractivity contribution in [2.24, 2.45) is 5.41 Å². The molecule has 29 heavy (non-hydrogen) atoms. The van der Waals surface area contributed by atoms with Gasteiger partial charge in [0.1, 0.15) is 11.7 Å². The summed E-state index contributed by atoms with van der Waals surface area (Å²) in [6, 6.07) is 4.51. The number of methoxy groups -OCH3 is 2. The smallest absolute Gasteiger partial charge is 0.217 e. The molecule has 6 nitrogen and oxygen atoms in total. The van der Waals surface area contributed by atoms with Gasteiger partial charge < -0.3 is 24.4 Å². The van der Waals surface area contributed by atoms with Crippen molar-refractivity contribution in [2.45, 2.75) is 55.4 Å². The van der Waals surface area contributed by atoms with Crippen LogP contribution in [0.4, 0.5) is 0 Å². The van der Waals surface area contributed by atoms with Crippen molar-refractivity contribution >= 4 is 5.91 Å². The summed E-state index contributed by atoms with van der Waals surface area (Å²) in [6.45, 7) is 2.61. The van der Waals surface area contributed by atoms with E-state index in [0.717, 1.165) is 37.3 Å². The maximum Gasteiger partial charge on any atom is 0.217 e. The van der Waals surface area contributed by atoms with E-state index >= 15 is 0 Å². The molecule has 1 N–H and O–H groups in total. The predicted molar refractivity (Wildman–Crippen MR) is 107 cm³/mol. The van der Waals surface area contributed by atoms with Gasteiger partial charge in [0.25, 0.3) is 0 Å². The fourth-order valence-electron chi connectivity index (χ4n) is 7.61. The third-order valence-electron chi connectivity index (χ3n) is 8.66. The van der Waals surface area contributed by atoms with Crippen molar-refractivity contribution in [1.82, 2.24) is 10.2 Å². The van der Waals surface area contributed by atoms with Crippen molar-refractivity contribution in [3.63, 3.8) is 0 Å². The van der Waals surface area contributed by atoms with Crippen LogP contribution in [0.1, 0.15) is 30.9 Å². The number of nitrogens with one attached hydrogen (secondary N) is 1. The largest absolute Gasteiger partial charge is 0.493 e. The van der Waals surface area contributed by atoms with Crippen molar-refractivity contribution in [3.05, 3.63) is 35.4 Å². The van der Waals surface area contributed by atoms with Crippen LogP contribution in [0, 0.1) is 5.41 Å². The molecule has 4 aliphatic carbocycles. The Kier molecular flexibility index (Phi) is 3.28. The minimum atomic E-state index is -0.688. The van der Waals surface area contributed by atoms with Gasteiger partial charge in [0.05, 0.1) is 18.6 Å². The molecule has 2 fully saturated rings. The van der Waals surface area contributed by atoms with E-state index < -0.39 is 5.60 Å². The van der Waals surface area contributed by atoms with E-state index in [0.29, 0.717) is 6.04 Å². The highest BCUT2D eigenvalue weighted by atomic mass is 16.6. The first-order valence-corrected chi connectivity index (χ1v) is 10.5. The second kappa shape index (κ2) is 5.35. The summed E-state index contributed by atoms with van der Waals surface area (Å²) < 4.78 is 18.8. The van der Waals surface area contributed by atoms with Crippen LogP contribution >= 0.6 is 0 Å². The summed E-state index contributed by atoms with van der Waals surface area (Å²) in [5.41, 5.74) is 1.77. The molecule has 0 radical (unpaired) electrons. The number of likely N-dealkylation sites (N-methyl/N-ethyl adjacent to an activating group) is 1. The molecule has 7 rings (SSSR count). The van der Waals surface area contributed by atoms with Crippen molar-refractivity contribution in [3.8, 4) is 11.5 Å². The number of fused-ring (bicyclic) bond motifs is 1. The molecule has 1 aromatic carbocycles. The summed E-state index contributed by atoms with van der Waals surface area (Å²) >= 11 is 0. The number of hydrogen-bond donors (Lipinski definition) is 1. The Balaban J connectivity index is 1.67. The molecule has 1 amide bonds. The number of amides is 1. The van der Waals surface area contributed by atoms with Crippen molar-refractivity contribution in [1.29, 1.82) is 0 Å². The van der Waals surface area contributed by atoms with Gasteiger partial charge in [-0.15, -0.1) is 0 Å². The number of carbonyl (C=O) groups excluding carboxylic acids is 1. The second-order valence-corrected chi connectivity index (χ2v) is 9.44. The van der Waals surface area contributed by atoms with E-state index in [9.17, 15) is 4.79 Å². The second-order valence-electron chi connectivity index (χ2n) is 9.44. The molecule has 6 aliphatic rings. The summed E-state index contributed by atoms with van der Waals surface area (Å²) in [6.07, 6.45) is 7.28. The molecule has 1 aromatic rings. The van der Waals surface area contributed by atoms with Crippen molar-refractivity contribution < 1.29 is 19.0 Å². The molecule has 2 aliphatic heterocycles. The Morgan fingerprint density at radius 1 is 1.31 bits per heavy atom. The number of piperidine rings is 1. The highest BCUT2D eigenvalue weighted by Crippen LogP contribution is 2.73. The first-order chi connectivity index (χ1) is 13.9. The first kappa shape index (κ1) is 17.8. The van der Waals surface area contributed by atoms with Gasteiger partial charge in [0.15, 0.2) is 11.5 Å². The number of ether oxygens (including phenoxy) is 3. The quantitative estimate of drug-likeness (QED) is 0.790. The van der Waals surface area contributed by atoms with Crippen LogP contribution in [-0.2, 0) is 21.4 Å². The van der Waals surface area contributed by atoms with E-state index in [-0.39, 0.29) is 28.9 Å². The molecular formula is C23H28N2O4. The predicted octanol–water partition coefficient (Wildman–Crippen LogP) is 1.80. The topological polar surface area (TPSA) is 60.0 Å². The minimum absolute atomic E-state index is 0.0269. The number of carbonyl (C=O) groups is 1. The molecular weight excluding hydrogens is 368 g/mol. The van der Waals surface area contributed by atoms with Gasteiger partial charge in [-0.25, -0.2) is 0 Å². The van der Waals surface area contributed by atoms with Crippen LogP contribution < -0.4 is 14.8 Å². The van der Waals surface area contributed by atoms with Crippen LogP contribution in [0.5, 0.6) is 11.5 Å². The van der Waals surface area contributed by atoms with E-state index in [1.165, 1.54) is 11.1 Å². The molecule has 154 valence electrons. The van der Waals surface area contributed by atoms with Gasteiger partial charge in [-0.2, -0.15) is 0 Å². The molecule has 4 bridgehead atoms. The van der Waals surface area contributed by atoms with E-state index in [1.807, 2.05) is 6.07 Å². The average Bonchev–Trinajstić information content (AvgIpc) is 3.07. The van der Waals surface area contributed by atoms with E-state index in [4.69, 9.17) is 14.2 Å². The zero-order chi connectivity index (χ0) is 20.2. The van der Waals surface area contributed by atoms with Gasteiger partial charge in [-0.3, -0.25) is 4.79 Å². The summed E-state index contributed by atoms with van der Waals surface area (Å²) in [5, 5.41) is 3.21. The number of hydrogen-bond acceptors (Lipinski definition) is 5. The van der Waals surface area contributed by atoms with Gasteiger partial charge in [-0.1, -0.05) is 18.2 Å². The molecule has 2 heterocycles. The molecule has 0 aromatic heterocycles. The molecule has 1 saturated carbocycles. The van der Waals surface area contributed by atoms with Gasteiger partial charge in [0, 0.05) is 31.1 Å². The first-order valence-electron chi connectivity index (χ1n) is 10.5. The van der Waals surface area contributed by atoms with Gasteiger partial charge in [0.2, 0.25) is 5.91 Å². The Bertz CT molecular complexity index is 960. The zero-order valence-electron chi connectivity index (χ0n) is 17.5. The van der Waals surface area contributed by atoms with Crippen molar-refractivity contribution in [2.75, 3.05) is 27.8 Å². The molecule has 6 atom stereocenters. The molecule has 0 unspecified atom stereocenters. The van der Waals surface area contributed by atoms with E-state index in [1.54, 1.807) is 21.1 Å². The lowest BCUT2D eigenvalue weighted by Gasteiger charge is -2.71. The number of likely N-dealkylation sites (tertiary alicyclic amines) is 1. The number of rotatable bonds is 3. The lowest BCUT2D eigenvalue weighted by molar-refractivity contribution is -0.200. The fraction of sp³-hybridized carbons (Fsp3) is 0.609. The average molecular weight is 396 g/mol. The van der Waals surface area contributed by atoms with Crippen LogP contribution in [-0.4, -0.2) is 62.4 Å². The van der Waals surface area contributed by atoms with Crippen LogP contribution in [0.2, 0.25) is 0 Å². The minimum Gasteiger partial charge on any atom is -0.493 e. The van der Waals surface area contributed by atoms with Crippen LogP contribution in [0.15, 0.2) is 24.3 Å². The highest BCUT2D eigenvalue weighted by molar-refractivity contribution is 5.74. The lowest BCUT2D eigenvalue weighted by Crippen LogP contribution is -2.81. The van der Waals surface area contributed by atoms with Gasteiger partial charge >= 0.3 is 0 Å². The lowest BCUT2D eigenvalue weighted by atomic mass is 9.38. The molecule has 1 saturated heterocycles. The third-order valence-corrected chi connectivity index (χ3v) is 8.66. The highest BCUT2D eigenvalue weighted by Gasteiger charge is 2.79. The molecule has 6 heteroatoms. The Morgan fingerprint density at radius 3 is 2.86 bits per heavy atom. The standard InChI is InChI=1S/C23H28N2O4/c1-13(26)24-16-12-21-7-8-23(16,28-4)20-22(21)9-10-25(2)17(21)11-14-5-6-15(27-3)19(29-20)18(14)22/h5-8,16-17,20H,9-12H2,1-4H3,(H,24,26)/t16-,17+,20+,21+,22-,23+/m0/s1. The summed E-state index contributed by atoms with van der Waals surface area (Å²) in [5.74, 6) is 1.65. The maximum absolute atomic E-state index is 12.1. The zero-order valence-corrected chi connectivity index (χ0v) is 17.5. The number of benzene rings is 1. The summed E-state index contributed by atoms with van der Waals surface area (Å²) in [4.78, 5) is 14.6. The summed E-state index contributed by atoms with van der Waals surface area (Å²) in [7, 11) is 5.69. The molecule has 2 spiro atoms. The SMILES string of the molecule is COc1ccc2c3c1O[C@H]1[C@@]4(OC)C=C[C@@]5(C[C@@H]4NC(C)=O)[C@@H](C2)N(C)CC[C@]315. The monoisotopic (exact) mass is 396 g/mol. The van der Waals surface area contributed by atoms with Gasteiger partial charge in [-0.05, 0) is 44.5 Å². The fourth-order valence-corrected chi connectivity index (χ4v) is 7.61. The Labute approximate surface area is 171 Å². The van der Waals surface area contributed by atoms with Crippen LogP contribution in [0.3, 0.4) is 0 Å². The van der Waals surface area contributed by atoms with Crippen LogP contribution in [0.25, 0.3) is 0 Å². The third kappa shape index (κ3) is 1.72. The number of nitrogens with zero attached hydrogens (tertiary/aromatic N) is 1. The maximum atomic E-state index is 12.1. The van der Waals surface area contributed by atoms with E-state index in [2.05, 4.69) is 35.5 Å². The Hall–Kier alpha value is -2.05. The normalized spacial score (nSPS) is 43.0.